The van der Waals surface area contributed by atoms with Crippen molar-refractivity contribution in [1.29, 1.82) is 5.26 Å². The topological polar surface area (TPSA) is 47.3 Å². The van der Waals surface area contributed by atoms with Gasteiger partial charge in [0.15, 0.2) is 0 Å². The zero-order valence-corrected chi connectivity index (χ0v) is 8.59. The van der Waals surface area contributed by atoms with Gasteiger partial charge in [-0.1, -0.05) is 6.92 Å². The van der Waals surface area contributed by atoms with Gasteiger partial charge < -0.3 is 5.11 Å². The Morgan fingerprint density at radius 1 is 1.47 bits per heavy atom. The Balaban J connectivity index is 4.41. The van der Waals surface area contributed by atoms with Crippen molar-refractivity contribution < 1.29 is 18.3 Å². The summed E-state index contributed by atoms with van der Waals surface area (Å²) in [6.45, 7) is 0.258. The molecule has 1 atom stereocenters. The Labute approximate surface area is 87.1 Å². The summed E-state index contributed by atoms with van der Waals surface area (Å²) in [4.78, 5) is 1.10. The fraction of sp³-hybridized carbons (Fsp3) is 0.889. The minimum absolute atomic E-state index is 0.0482. The predicted octanol–water partition coefficient (Wildman–Crippen LogP) is 1.54. The minimum Gasteiger partial charge on any atom is -0.395 e. The molecule has 3 nitrogen and oxygen atoms in total. The normalized spacial score (nSPS) is 13.9. The molecule has 1 unspecified atom stereocenters. The van der Waals surface area contributed by atoms with Crippen molar-refractivity contribution in [2.24, 2.45) is 0 Å². The maximum absolute atomic E-state index is 12.2. The Hall–Kier alpha value is -0.800. The van der Waals surface area contributed by atoms with Crippen molar-refractivity contribution in [3.05, 3.63) is 0 Å². The van der Waals surface area contributed by atoms with Gasteiger partial charge in [0, 0.05) is 12.6 Å². The van der Waals surface area contributed by atoms with Crippen LogP contribution in [-0.4, -0.2) is 41.9 Å². The van der Waals surface area contributed by atoms with E-state index < -0.39 is 18.8 Å². The second-order valence-electron chi connectivity index (χ2n) is 3.23. The van der Waals surface area contributed by atoms with Crippen molar-refractivity contribution in [2.45, 2.75) is 32.0 Å². The van der Waals surface area contributed by atoms with E-state index >= 15 is 0 Å². The summed E-state index contributed by atoms with van der Waals surface area (Å²) in [5, 5.41) is 17.1. The Morgan fingerprint density at radius 3 is 2.40 bits per heavy atom. The Bertz CT molecular complexity index is 212. The van der Waals surface area contributed by atoms with Gasteiger partial charge in [0.2, 0.25) is 0 Å². The van der Waals surface area contributed by atoms with Gasteiger partial charge in [0.05, 0.1) is 25.6 Å². The average Bonchev–Trinajstić information content (AvgIpc) is 2.11. The lowest BCUT2D eigenvalue weighted by Gasteiger charge is -2.29. The van der Waals surface area contributed by atoms with Crippen LogP contribution in [0, 0.1) is 11.3 Å². The van der Waals surface area contributed by atoms with Gasteiger partial charge in [-0.25, -0.2) is 0 Å². The van der Waals surface area contributed by atoms with Crippen molar-refractivity contribution >= 4 is 0 Å². The monoisotopic (exact) mass is 224 g/mol. The van der Waals surface area contributed by atoms with Gasteiger partial charge in [-0.3, -0.25) is 4.90 Å². The van der Waals surface area contributed by atoms with Crippen LogP contribution in [0.1, 0.15) is 19.8 Å². The third-order valence-electron chi connectivity index (χ3n) is 2.08. The van der Waals surface area contributed by atoms with E-state index in [-0.39, 0.29) is 19.6 Å². The van der Waals surface area contributed by atoms with Gasteiger partial charge in [0.1, 0.15) is 0 Å². The van der Waals surface area contributed by atoms with Crippen LogP contribution in [-0.2, 0) is 0 Å². The maximum atomic E-state index is 12.2. The van der Waals surface area contributed by atoms with Crippen LogP contribution in [0.3, 0.4) is 0 Å². The van der Waals surface area contributed by atoms with Crippen LogP contribution < -0.4 is 0 Å². The molecular formula is C9H15F3N2O. The highest BCUT2D eigenvalue weighted by molar-refractivity contribution is 4.83. The summed E-state index contributed by atoms with van der Waals surface area (Å²) in [6.07, 6.45) is -3.78. The van der Waals surface area contributed by atoms with Crippen LogP contribution in [0.2, 0.25) is 0 Å². The number of rotatable bonds is 6. The molecule has 0 aliphatic carbocycles. The molecule has 1 N–H and O–H groups in total. The molecule has 15 heavy (non-hydrogen) atoms. The van der Waals surface area contributed by atoms with E-state index in [4.69, 9.17) is 10.4 Å². The van der Waals surface area contributed by atoms with Gasteiger partial charge in [-0.15, -0.1) is 0 Å². The zero-order valence-electron chi connectivity index (χ0n) is 8.59. The van der Waals surface area contributed by atoms with Crippen molar-refractivity contribution in [3.63, 3.8) is 0 Å². The molecule has 0 rings (SSSR count). The van der Waals surface area contributed by atoms with E-state index in [0.717, 1.165) is 4.90 Å². The van der Waals surface area contributed by atoms with Gasteiger partial charge in [0.25, 0.3) is 0 Å². The molecule has 0 spiro atoms. The first-order valence-electron chi connectivity index (χ1n) is 4.73. The second kappa shape index (κ2) is 6.64. The van der Waals surface area contributed by atoms with E-state index in [1.54, 1.807) is 6.92 Å². The fourth-order valence-electron chi connectivity index (χ4n) is 1.39. The molecule has 0 fully saturated rings. The van der Waals surface area contributed by atoms with E-state index in [2.05, 4.69) is 0 Å². The molecule has 0 amide bonds. The minimum atomic E-state index is -4.29. The van der Waals surface area contributed by atoms with Crippen molar-refractivity contribution in [1.82, 2.24) is 4.90 Å². The quantitative estimate of drug-likeness (QED) is 0.744. The molecule has 0 heterocycles. The lowest BCUT2D eigenvalue weighted by molar-refractivity contribution is -0.151. The Kier molecular flexibility index (Phi) is 6.29. The van der Waals surface area contributed by atoms with Gasteiger partial charge >= 0.3 is 6.18 Å². The number of nitriles is 1. The van der Waals surface area contributed by atoms with Crippen LogP contribution >= 0.6 is 0 Å². The standard InChI is InChI=1S/C9H15F3N2O/c1-2-8(3-4-13)14(5-6-15)7-9(10,11)12/h8,15H,2-3,5-7H2,1H3. The molecule has 0 aromatic heterocycles. The van der Waals surface area contributed by atoms with Crippen LogP contribution in [0.15, 0.2) is 0 Å². The lowest BCUT2D eigenvalue weighted by atomic mass is 10.1. The van der Waals surface area contributed by atoms with Crippen LogP contribution in [0.5, 0.6) is 0 Å². The molecule has 0 aliphatic heterocycles. The number of aliphatic hydroxyl groups is 1. The fourth-order valence-corrected chi connectivity index (χ4v) is 1.39. The van der Waals surface area contributed by atoms with E-state index in [1.165, 1.54) is 0 Å². The summed E-state index contributed by atoms with van der Waals surface area (Å²) in [5.74, 6) is 0. The summed E-state index contributed by atoms with van der Waals surface area (Å²) in [6, 6.07) is 1.41. The largest absolute Gasteiger partial charge is 0.401 e. The van der Waals surface area contributed by atoms with Gasteiger partial charge in [-0.05, 0) is 6.42 Å². The number of nitrogens with zero attached hydrogens (tertiary/aromatic N) is 2. The number of halogens is 3. The third-order valence-corrected chi connectivity index (χ3v) is 2.08. The highest BCUT2D eigenvalue weighted by atomic mass is 19.4. The molecule has 88 valence electrons. The molecular weight excluding hydrogens is 209 g/mol. The lowest BCUT2D eigenvalue weighted by Crippen LogP contribution is -2.43. The van der Waals surface area contributed by atoms with Crippen LogP contribution in [0.4, 0.5) is 13.2 Å². The highest BCUT2D eigenvalue weighted by Gasteiger charge is 2.32. The second-order valence-corrected chi connectivity index (χ2v) is 3.23. The SMILES string of the molecule is CCC(CC#N)N(CCO)CC(F)(F)F. The smallest absolute Gasteiger partial charge is 0.395 e. The van der Waals surface area contributed by atoms with E-state index in [0.29, 0.717) is 6.42 Å². The molecule has 0 radical (unpaired) electrons. The van der Waals surface area contributed by atoms with Crippen LogP contribution in [0.25, 0.3) is 0 Å². The van der Waals surface area contributed by atoms with Gasteiger partial charge in [-0.2, -0.15) is 18.4 Å². The first kappa shape index (κ1) is 14.2. The molecule has 0 saturated carbocycles. The number of alkyl halides is 3. The third kappa shape index (κ3) is 6.31. The molecule has 0 aromatic carbocycles. The average molecular weight is 224 g/mol. The number of hydrogen-bond donors (Lipinski definition) is 1. The summed E-state index contributed by atoms with van der Waals surface area (Å²) < 4.78 is 36.5. The Morgan fingerprint density at radius 2 is 2.07 bits per heavy atom. The highest BCUT2D eigenvalue weighted by Crippen LogP contribution is 2.19. The molecule has 0 bridgehead atoms. The first-order valence-corrected chi connectivity index (χ1v) is 4.73. The molecule has 6 heteroatoms. The predicted molar refractivity (Wildman–Crippen MR) is 49.0 cm³/mol. The summed E-state index contributed by atoms with van der Waals surface area (Å²) in [5.41, 5.74) is 0. The first-order chi connectivity index (χ1) is 6.94. The zero-order chi connectivity index (χ0) is 11.9. The summed E-state index contributed by atoms with van der Waals surface area (Å²) in [7, 11) is 0. The molecule has 0 aliphatic rings. The number of hydrogen-bond acceptors (Lipinski definition) is 3. The van der Waals surface area contributed by atoms with Crippen molar-refractivity contribution in [2.75, 3.05) is 19.7 Å². The number of aliphatic hydroxyl groups excluding tert-OH is 1. The summed E-state index contributed by atoms with van der Waals surface area (Å²) >= 11 is 0. The van der Waals surface area contributed by atoms with E-state index in [9.17, 15) is 13.2 Å². The molecule has 0 saturated heterocycles. The van der Waals surface area contributed by atoms with Crippen molar-refractivity contribution in [3.8, 4) is 6.07 Å². The maximum Gasteiger partial charge on any atom is 0.401 e. The molecule has 0 aromatic rings. The van der Waals surface area contributed by atoms with E-state index in [1.807, 2.05) is 6.07 Å².